The number of piperidine rings is 1. The highest BCUT2D eigenvalue weighted by atomic mass is 19.1. The van der Waals surface area contributed by atoms with E-state index in [9.17, 15) is 24.0 Å². The Kier molecular flexibility index (Phi) is 15.5. The molecule has 3 N–H and O–H groups in total. The third kappa shape index (κ3) is 12.0. The molecule has 0 unspecified atom stereocenters. The number of benzene rings is 3. The quantitative estimate of drug-likeness (QED) is 0.135. The summed E-state index contributed by atoms with van der Waals surface area (Å²) in [5, 5.41) is 14.0. The number of carbonyl (C=O) groups is 4. The van der Waals surface area contributed by atoms with Crippen LogP contribution < -0.4 is 16.2 Å². The van der Waals surface area contributed by atoms with E-state index in [1.54, 1.807) is 40.3 Å². The smallest absolute Gasteiger partial charge is 0.274 e. The largest absolute Gasteiger partial charge is 0.338 e. The van der Waals surface area contributed by atoms with E-state index in [1.807, 2.05) is 35.2 Å². The summed E-state index contributed by atoms with van der Waals surface area (Å²) in [7, 11) is 0. The predicted molar refractivity (Wildman–Crippen MR) is 265 cm³/mol. The lowest BCUT2D eigenvalue weighted by Gasteiger charge is -2.40. The maximum absolute atomic E-state index is 15.1. The summed E-state index contributed by atoms with van der Waals surface area (Å²) >= 11 is 0. The standard InChI is InChI=1S/C52H58FN13O5/c1-2-35-6-5-7-38(24-35)39-27-45(59-47(67)30-54-29-46-57-33-55-34-58-46)49(56-28-39)52(71)65-14-12-36(13-15-65)31-62-16-18-63(19-17-62)32-48(68)64-20-22-66(23-21-64)51(70)42-25-37(10-11-43(42)53)26-44-40-8-3-4-9-41(40)50(69)61-60-44/h3-11,24-25,27-28,33-34,36,54H,2,12-23,26,29-32H2,1H3,(H,59,67)(H,61,69). The SMILES string of the molecule is CCc1cccc(-c2cnc(C(=O)N3CCC(CN4CCN(CC(=O)N5CCN(C(=O)c6cc(Cc7n[nH]c(=O)c8ccccc78)ccc6F)CC5)CC4)CC3)c(NC(=O)CNCc3ncncn3)c2)c1. The lowest BCUT2D eigenvalue weighted by atomic mass is 9.95. The Morgan fingerprint density at radius 3 is 2.21 bits per heavy atom. The number of pyridine rings is 1. The number of nitrogens with zero attached hydrogens (tertiary/aromatic N) is 10. The normalized spacial score (nSPS) is 16.1. The fourth-order valence-electron chi connectivity index (χ4n) is 9.63. The molecule has 3 aliphatic heterocycles. The molecule has 71 heavy (non-hydrogen) atoms. The molecule has 3 aromatic heterocycles. The molecule has 0 radical (unpaired) electrons. The molecule has 0 atom stereocenters. The number of aryl methyl sites for hydroxylation is 1. The van der Waals surface area contributed by atoms with E-state index in [4.69, 9.17) is 0 Å². The van der Waals surface area contributed by atoms with Gasteiger partial charge in [0, 0.05) is 95.6 Å². The van der Waals surface area contributed by atoms with Gasteiger partial charge in [-0.25, -0.2) is 29.4 Å². The van der Waals surface area contributed by atoms with Gasteiger partial charge in [0.15, 0.2) is 5.69 Å². The number of nitrogens with one attached hydrogen (secondary N) is 3. The minimum absolute atomic E-state index is 0.0155. The molecule has 3 aromatic carbocycles. The number of likely N-dealkylation sites (tertiary alicyclic amines) is 1. The van der Waals surface area contributed by atoms with Crippen LogP contribution in [0, 0.1) is 11.7 Å². The van der Waals surface area contributed by atoms with Gasteiger partial charge in [-0.2, -0.15) is 5.10 Å². The number of halogens is 1. The Labute approximate surface area is 410 Å². The van der Waals surface area contributed by atoms with Crippen molar-refractivity contribution in [2.45, 2.75) is 39.2 Å². The first-order chi connectivity index (χ1) is 34.6. The Hall–Kier alpha value is -7.35. The molecule has 18 nitrogen and oxygen atoms in total. The second-order valence-corrected chi connectivity index (χ2v) is 18.4. The number of aromatic nitrogens is 6. The molecular formula is C52H58FN13O5. The van der Waals surface area contributed by atoms with E-state index in [0.717, 1.165) is 63.1 Å². The number of hydrogen-bond donors (Lipinski definition) is 3. The maximum atomic E-state index is 15.1. The topological polar surface area (TPSA) is 206 Å². The highest BCUT2D eigenvalue weighted by Gasteiger charge is 2.31. The van der Waals surface area contributed by atoms with E-state index >= 15 is 4.39 Å². The maximum Gasteiger partial charge on any atom is 0.274 e. The van der Waals surface area contributed by atoms with Crippen LogP contribution in [0.3, 0.4) is 0 Å². The van der Waals surface area contributed by atoms with Gasteiger partial charge in [0.25, 0.3) is 17.4 Å². The zero-order valence-corrected chi connectivity index (χ0v) is 39.9. The zero-order chi connectivity index (χ0) is 49.3. The van der Waals surface area contributed by atoms with Gasteiger partial charge in [0.05, 0.1) is 42.0 Å². The Bertz CT molecular complexity index is 2930. The van der Waals surface area contributed by atoms with Crippen molar-refractivity contribution in [3.05, 3.63) is 142 Å². The monoisotopic (exact) mass is 963 g/mol. The van der Waals surface area contributed by atoms with Crippen molar-refractivity contribution in [3.63, 3.8) is 0 Å². The van der Waals surface area contributed by atoms with Gasteiger partial charge in [-0.05, 0) is 66.1 Å². The summed E-state index contributed by atoms with van der Waals surface area (Å²) in [6.07, 6.45) is 7.35. The van der Waals surface area contributed by atoms with E-state index in [-0.39, 0.29) is 47.6 Å². The van der Waals surface area contributed by atoms with Crippen LogP contribution in [0.4, 0.5) is 10.1 Å². The highest BCUT2D eigenvalue weighted by Crippen LogP contribution is 2.28. The van der Waals surface area contributed by atoms with Crippen molar-refractivity contribution >= 4 is 40.1 Å². The van der Waals surface area contributed by atoms with Crippen molar-refractivity contribution in [2.75, 3.05) is 90.4 Å². The number of hydrogen-bond acceptors (Lipinski definition) is 13. The van der Waals surface area contributed by atoms with Crippen LogP contribution in [-0.4, -0.2) is 163 Å². The first-order valence-electron chi connectivity index (χ1n) is 24.3. The number of amides is 4. The average molecular weight is 964 g/mol. The molecule has 6 heterocycles. The van der Waals surface area contributed by atoms with Gasteiger partial charge >= 0.3 is 0 Å². The van der Waals surface area contributed by atoms with Gasteiger partial charge in [-0.15, -0.1) is 0 Å². The third-order valence-electron chi connectivity index (χ3n) is 13.7. The lowest BCUT2D eigenvalue weighted by Crippen LogP contribution is -2.55. The molecule has 19 heteroatoms. The summed E-state index contributed by atoms with van der Waals surface area (Å²) < 4.78 is 15.1. The fourth-order valence-corrected chi connectivity index (χ4v) is 9.63. The number of carbonyl (C=O) groups excluding carboxylic acids is 4. The second kappa shape index (κ2) is 22.6. The van der Waals surface area contributed by atoms with Crippen LogP contribution in [0.25, 0.3) is 21.9 Å². The molecule has 368 valence electrons. The summed E-state index contributed by atoms with van der Waals surface area (Å²) in [4.78, 5) is 93.1. The number of piperazine rings is 2. The molecule has 3 aliphatic rings. The van der Waals surface area contributed by atoms with Crippen molar-refractivity contribution in [1.82, 2.24) is 59.9 Å². The summed E-state index contributed by atoms with van der Waals surface area (Å²) in [6, 6.07) is 21.6. The molecule has 4 amide bonds. The summed E-state index contributed by atoms with van der Waals surface area (Å²) in [6.45, 7) is 9.23. The first-order valence-corrected chi connectivity index (χ1v) is 24.3. The fraction of sp³-hybridized carbons (Fsp3) is 0.385. The first kappa shape index (κ1) is 48.7. The van der Waals surface area contributed by atoms with Crippen LogP contribution in [0.2, 0.25) is 0 Å². The Balaban J connectivity index is 0.721. The summed E-state index contributed by atoms with van der Waals surface area (Å²) in [5.41, 5.74) is 4.47. The van der Waals surface area contributed by atoms with Crippen LogP contribution in [0.1, 0.15) is 63.3 Å². The van der Waals surface area contributed by atoms with E-state index < -0.39 is 11.7 Å². The average Bonchev–Trinajstić information content (AvgIpc) is 3.40. The van der Waals surface area contributed by atoms with Crippen molar-refractivity contribution in [1.29, 1.82) is 0 Å². The summed E-state index contributed by atoms with van der Waals surface area (Å²) in [5.74, 6) is -0.645. The van der Waals surface area contributed by atoms with Crippen LogP contribution in [-0.2, 0) is 29.0 Å². The van der Waals surface area contributed by atoms with Gasteiger partial charge in [-0.1, -0.05) is 55.5 Å². The number of anilines is 1. The molecule has 3 saturated heterocycles. The molecule has 3 fully saturated rings. The minimum Gasteiger partial charge on any atom is -0.338 e. The van der Waals surface area contributed by atoms with Crippen LogP contribution >= 0.6 is 0 Å². The molecule has 0 spiro atoms. The van der Waals surface area contributed by atoms with Crippen LogP contribution in [0.5, 0.6) is 0 Å². The van der Waals surface area contributed by atoms with Gasteiger partial charge in [0.2, 0.25) is 11.8 Å². The minimum atomic E-state index is -0.614. The van der Waals surface area contributed by atoms with E-state index in [1.165, 1.54) is 24.3 Å². The predicted octanol–water partition coefficient (Wildman–Crippen LogP) is 3.65. The number of H-pyrrole nitrogens is 1. The van der Waals surface area contributed by atoms with Crippen molar-refractivity contribution < 1.29 is 23.6 Å². The zero-order valence-electron chi connectivity index (χ0n) is 39.9. The molecule has 0 saturated carbocycles. The van der Waals surface area contributed by atoms with Gasteiger partial charge < -0.3 is 30.2 Å². The number of fused-ring (bicyclic) bond motifs is 1. The molecule has 0 aliphatic carbocycles. The highest BCUT2D eigenvalue weighted by molar-refractivity contribution is 6.03. The number of rotatable bonds is 15. The Morgan fingerprint density at radius 2 is 1.45 bits per heavy atom. The Morgan fingerprint density at radius 1 is 0.732 bits per heavy atom. The second-order valence-electron chi connectivity index (χ2n) is 18.4. The van der Waals surface area contributed by atoms with Gasteiger partial charge in [-0.3, -0.25) is 28.9 Å². The molecular weight excluding hydrogens is 906 g/mol. The molecule has 6 aromatic rings. The van der Waals surface area contributed by atoms with Crippen molar-refractivity contribution in [3.8, 4) is 11.1 Å². The van der Waals surface area contributed by atoms with Crippen LogP contribution in [0.15, 0.2) is 96.4 Å². The molecule has 0 bridgehead atoms. The van der Waals surface area contributed by atoms with E-state index in [0.29, 0.717) is 91.7 Å². The number of aromatic amines is 1. The lowest BCUT2D eigenvalue weighted by molar-refractivity contribution is -0.134. The van der Waals surface area contributed by atoms with Crippen molar-refractivity contribution in [2.24, 2.45) is 5.92 Å². The van der Waals surface area contributed by atoms with Gasteiger partial charge in [0.1, 0.15) is 24.3 Å². The third-order valence-corrected chi connectivity index (χ3v) is 13.7. The molecule has 9 rings (SSSR count). The van der Waals surface area contributed by atoms with E-state index in [2.05, 4.69) is 69.6 Å².